The zero-order valence-electron chi connectivity index (χ0n) is 7.35. The molecule has 0 spiro atoms. The lowest BCUT2D eigenvalue weighted by Gasteiger charge is -2.11. The Morgan fingerprint density at radius 2 is 2.08 bits per heavy atom. The Morgan fingerprint density at radius 3 is 2.77 bits per heavy atom. The standard InChI is InChI=1S/C11H12N2/c1-2-5-11(6-3-1)7-10-13-9-4-8-12-13/h1-8,10,12H,9H2. The first kappa shape index (κ1) is 7.92. The fourth-order valence-electron chi connectivity index (χ4n) is 1.21. The van der Waals surface area contributed by atoms with Gasteiger partial charge in [0.2, 0.25) is 0 Å². The predicted octanol–water partition coefficient (Wildman–Crippen LogP) is 1.99. The molecule has 0 bridgehead atoms. The summed E-state index contributed by atoms with van der Waals surface area (Å²) < 4.78 is 0. The molecular weight excluding hydrogens is 160 g/mol. The molecule has 0 amide bonds. The third kappa shape index (κ3) is 2.12. The Kier molecular flexibility index (Phi) is 2.32. The first-order chi connectivity index (χ1) is 6.45. The van der Waals surface area contributed by atoms with E-state index in [4.69, 9.17) is 0 Å². The van der Waals surface area contributed by atoms with E-state index in [-0.39, 0.29) is 0 Å². The number of nitrogens with one attached hydrogen (secondary N) is 1. The monoisotopic (exact) mass is 172 g/mol. The van der Waals surface area contributed by atoms with Gasteiger partial charge in [0.1, 0.15) is 0 Å². The highest BCUT2D eigenvalue weighted by Crippen LogP contribution is 2.02. The second-order valence-corrected chi connectivity index (χ2v) is 2.91. The van der Waals surface area contributed by atoms with E-state index in [2.05, 4.69) is 29.7 Å². The van der Waals surface area contributed by atoms with Crippen molar-refractivity contribution in [3.63, 3.8) is 0 Å². The van der Waals surface area contributed by atoms with Crippen molar-refractivity contribution in [2.75, 3.05) is 6.54 Å². The Bertz CT molecular complexity index is 306. The maximum absolute atomic E-state index is 3.09. The molecule has 1 aliphatic rings. The summed E-state index contributed by atoms with van der Waals surface area (Å²) in [5.74, 6) is 0. The summed E-state index contributed by atoms with van der Waals surface area (Å²) in [6.45, 7) is 0.934. The van der Waals surface area contributed by atoms with Crippen LogP contribution in [0.5, 0.6) is 0 Å². The van der Waals surface area contributed by atoms with Gasteiger partial charge in [-0.2, -0.15) is 0 Å². The van der Waals surface area contributed by atoms with Crippen molar-refractivity contribution < 1.29 is 0 Å². The van der Waals surface area contributed by atoms with Crippen LogP contribution < -0.4 is 5.43 Å². The summed E-state index contributed by atoms with van der Waals surface area (Å²) in [5.41, 5.74) is 4.31. The highest BCUT2D eigenvalue weighted by molar-refractivity contribution is 5.48. The van der Waals surface area contributed by atoms with Crippen LogP contribution in [0.25, 0.3) is 6.08 Å². The summed E-state index contributed by atoms with van der Waals surface area (Å²) in [6, 6.07) is 10.3. The third-order valence-electron chi connectivity index (χ3n) is 1.91. The number of rotatable bonds is 2. The van der Waals surface area contributed by atoms with Crippen LogP contribution >= 0.6 is 0 Å². The van der Waals surface area contributed by atoms with Gasteiger partial charge in [0.05, 0.1) is 6.54 Å². The van der Waals surface area contributed by atoms with E-state index >= 15 is 0 Å². The molecule has 2 nitrogen and oxygen atoms in total. The van der Waals surface area contributed by atoms with Gasteiger partial charge < -0.3 is 5.43 Å². The molecule has 0 fully saturated rings. The zero-order chi connectivity index (χ0) is 8.93. The first-order valence-corrected chi connectivity index (χ1v) is 4.36. The van der Waals surface area contributed by atoms with Crippen LogP contribution in [-0.4, -0.2) is 11.6 Å². The molecule has 0 radical (unpaired) electrons. The lowest BCUT2D eigenvalue weighted by atomic mass is 10.2. The maximum atomic E-state index is 3.09. The van der Waals surface area contributed by atoms with Crippen LogP contribution in [0.3, 0.4) is 0 Å². The lowest BCUT2D eigenvalue weighted by molar-refractivity contribution is 0.379. The molecule has 66 valence electrons. The van der Waals surface area contributed by atoms with Crippen molar-refractivity contribution in [1.82, 2.24) is 10.4 Å². The highest BCUT2D eigenvalue weighted by atomic mass is 15.5. The molecule has 0 aromatic heterocycles. The van der Waals surface area contributed by atoms with Crippen molar-refractivity contribution in [3.8, 4) is 0 Å². The Hall–Kier alpha value is -1.70. The van der Waals surface area contributed by atoms with E-state index in [9.17, 15) is 0 Å². The van der Waals surface area contributed by atoms with Crippen LogP contribution in [-0.2, 0) is 0 Å². The van der Waals surface area contributed by atoms with Gasteiger partial charge in [0.25, 0.3) is 0 Å². The summed E-state index contributed by atoms with van der Waals surface area (Å²) in [7, 11) is 0. The first-order valence-electron chi connectivity index (χ1n) is 4.36. The number of hydrogen-bond acceptors (Lipinski definition) is 2. The Labute approximate surface area is 78.2 Å². The van der Waals surface area contributed by atoms with E-state index in [0.717, 1.165) is 6.54 Å². The van der Waals surface area contributed by atoms with E-state index < -0.39 is 0 Å². The molecule has 0 saturated carbocycles. The largest absolute Gasteiger partial charge is 0.306 e. The number of hydrazine groups is 1. The molecule has 1 aromatic carbocycles. The number of hydrogen-bond donors (Lipinski definition) is 1. The molecule has 0 aliphatic carbocycles. The molecule has 0 saturated heterocycles. The van der Waals surface area contributed by atoms with Gasteiger partial charge in [-0.3, -0.25) is 5.01 Å². The van der Waals surface area contributed by atoms with Crippen molar-refractivity contribution >= 4 is 6.08 Å². The summed E-state index contributed by atoms with van der Waals surface area (Å²) in [6.07, 6.45) is 8.14. The molecule has 0 unspecified atom stereocenters. The molecule has 0 atom stereocenters. The van der Waals surface area contributed by atoms with Crippen LogP contribution in [0.4, 0.5) is 0 Å². The second kappa shape index (κ2) is 3.81. The zero-order valence-corrected chi connectivity index (χ0v) is 7.35. The molecule has 1 heterocycles. The van der Waals surface area contributed by atoms with E-state index in [0.29, 0.717) is 0 Å². The summed E-state index contributed by atoms with van der Waals surface area (Å²) >= 11 is 0. The van der Waals surface area contributed by atoms with Gasteiger partial charge in [0, 0.05) is 12.4 Å². The minimum atomic E-state index is 0.934. The molecule has 2 heteroatoms. The van der Waals surface area contributed by atoms with Crippen molar-refractivity contribution in [2.24, 2.45) is 0 Å². The van der Waals surface area contributed by atoms with Gasteiger partial charge in [-0.25, -0.2) is 0 Å². The fourth-order valence-corrected chi connectivity index (χ4v) is 1.21. The van der Waals surface area contributed by atoms with Crippen LogP contribution in [0, 0.1) is 0 Å². The van der Waals surface area contributed by atoms with Gasteiger partial charge >= 0.3 is 0 Å². The van der Waals surface area contributed by atoms with Gasteiger partial charge in [-0.05, 0) is 17.7 Å². The third-order valence-corrected chi connectivity index (χ3v) is 1.91. The van der Waals surface area contributed by atoms with Gasteiger partial charge in [-0.1, -0.05) is 30.3 Å². The van der Waals surface area contributed by atoms with Crippen molar-refractivity contribution in [3.05, 3.63) is 54.4 Å². The summed E-state index contributed by atoms with van der Waals surface area (Å²) in [5, 5.41) is 2.02. The smallest absolute Gasteiger partial charge is 0.0585 e. The highest BCUT2D eigenvalue weighted by Gasteiger charge is 1.96. The summed E-state index contributed by atoms with van der Waals surface area (Å²) in [4.78, 5) is 0. The Morgan fingerprint density at radius 1 is 1.23 bits per heavy atom. The van der Waals surface area contributed by atoms with Crippen LogP contribution in [0.1, 0.15) is 5.56 Å². The van der Waals surface area contributed by atoms with Crippen LogP contribution in [0.2, 0.25) is 0 Å². The van der Waals surface area contributed by atoms with Gasteiger partial charge in [-0.15, -0.1) is 0 Å². The quantitative estimate of drug-likeness (QED) is 0.734. The minimum Gasteiger partial charge on any atom is -0.306 e. The van der Waals surface area contributed by atoms with Crippen molar-refractivity contribution in [1.29, 1.82) is 0 Å². The topological polar surface area (TPSA) is 15.3 Å². The van der Waals surface area contributed by atoms with Crippen LogP contribution in [0.15, 0.2) is 48.8 Å². The molecular formula is C11H12N2. The van der Waals surface area contributed by atoms with Crippen molar-refractivity contribution in [2.45, 2.75) is 0 Å². The van der Waals surface area contributed by atoms with E-state index in [1.54, 1.807) is 0 Å². The average molecular weight is 172 g/mol. The van der Waals surface area contributed by atoms with E-state index in [1.807, 2.05) is 35.6 Å². The molecule has 1 aromatic rings. The molecule has 13 heavy (non-hydrogen) atoms. The molecule has 1 N–H and O–H groups in total. The molecule has 1 aliphatic heterocycles. The maximum Gasteiger partial charge on any atom is 0.0585 e. The van der Waals surface area contributed by atoms with Gasteiger partial charge in [0.15, 0.2) is 0 Å². The fraction of sp³-hybridized carbons (Fsp3) is 0.0909. The van der Waals surface area contributed by atoms with E-state index in [1.165, 1.54) is 5.56 Å². The average Bonchev–Trinajstić information content (AvgIpc) is 2.69. The number of nitrogens with zero attached hydrogens (tertiary/aromatic N) is 1. The second-order valence-electron chi connectivity index (χ2n) is 2.91. The SMILES string of the molecule is C1=CNN(C=Cc2ccccc2)C1. The Balaban J connectivity index is 1.97. The minimum absolute atomic E-state index is 0.934. The lowest BCUT2D eigenvalue weighted by Crippen LogP contribution is -2.23. The normalized spacial score (nSPS) is 15.2. The number of benzene rings is 1. The predicted molar refractivity (Wildman–Crippen MR) is 54.5 cm³/mol. The molecule has 2 rings (SSSR count).